The number of aliphatic imine (C=N–C) groups is 1. The first kappa shape index (κ1) is 22.0. The summed E-state index contributed by atoms with van der Waals surface area (Å²) in [4.78, 5) is 32.5. The van der Waals surface area contributed by atoms with Gasteiger partial charge in [-0.15, -0.1) is 0 Å². The SMILES string of the molecule is COCCC(CCC(=O)OC)(CCC(=O)OC)C1=NCCc2c1[nH]c1ccccc21. The number of esters is 2. The van der Waals surface area contributed by atoms with Gasteiger partial charge in [-0.3, -0.25) is 14.6 Å². The minimum absolute atomic E-state index is 0.246. The molecule has 0 radical (unpaired) electrons. The molecule has 1 N–H and O–H groups in total. The maximum atomic E-state index is 12.0. The quantitative estimate of drug-likeness (QED) is 0.602. The molecule has 0 spiro atoms. The zero-order chi connectivity index (χ0) is 21.6. The lowest BCUT2D eigenvalue weighted by molar-refractivity contribution is -0.141. The van der Waals surface area contributed by atoms with Gasteiger partial charge < -0.3 is 19.2 Å². The molecule has 0 atom stereocenters. The monoisotopic (exact) mass is 414 g/mol. The molecule has 30 heavy (non-hydrogen) atoms. The molecule has 7 nitrogen and oxygen atoms in total. The number of ether oxygens (including phenoxy) is 3. The minimum atomic E-state index is -0.506. The van der Waals surface area contributed by atoms with E-state index in [4.69, 9.17) is 19.2 Å². The van der Waals surface area contributed by atoms with Gasteiger partial charge in [-0.1, -0.05) is 18.2 Å². The Bertz CT molecular complexity index is 911. The van der Waals surface area contributed by atoms with E-state index in [-0.39, 0.29) is 24.8 Å². The first-order valence-electron chi connectivity index (χ1n) is 10.3. The molecule has 162 valence electrons. The molecule has 0 fully saturated rings. The van der Waals surface area contributed by atoms with Crippen molar-refractivity contribution in [3.8, 4) is 0 Å². The third-order valence-electron chi connectivity index (χ3n) is 6.04. The Morgan fingerprint density at radius 3 is 2.33 bits per heavy atom. The minimum Gasteiger partial charge on any atom is -0.469 e. The van der Waals surface area contributed by atoms with E-state index in [2.05, 4.69) is 17.1 Å². The molecule has 0 aliphatic carbocycles. The van der Waals surface area contributed by atoms with Gasteiger partial charge in [0.25, 0.3) is 0 Å². The van der Waals surface area contributed by atoms with Crippen LogP contribution in [0.4, 0.5) is 0 Å². The van der Waals surface area contributed by atoms with Gasteiger partial charge in [-0.25, -0.2) is 0 Å². The molecule has 0 unspecified atom stereocenters. The summed E-state index contributed by atoms with van der Waals surface area (Å²) >= 11 is 0. The summed E-state index contributed by atoms with van der Waals surface area (Å²) < 4.78 is 15.2. The Balaban J connectivity index is 2.06. The van der Waals surface area contributed by atoms with Gasteiger partial charge in [-0.2, -0.15) is 0 Å². The highest BCUT2D eigenvalue weighted by molar-refractivity contribution is 6.09. The number of aromatic nitrogens is 1. The Hall–Kier alpha value is -2.67. The molecule has 2 aromatic rings. The molecule has 1 aliphatic rings. The summed E-state index contributed by atoms with van der Waals surface area (Å²) in [7, 11) is 4.44. The van der Waals surface area contributed by atoms with Crippen LogP contribution in [0.25, 0.3) is 10.9 Å². The van der Waals surface area contributed by atoms with Gasteiger partial charge in [-0.05, 0) is 37.3 Å². The van der Waals surface area contributed by atoms with Crippen LogP contribution in [-0.4, -0.2) is 57.1 Å². The number of fused-ring (bicyclic) bond motifs is 3. The van der Waals surface area contributed by atoms with Crippen LogP contribution in [0.3, 0.4) is 0 Å². The number of aromatic amines is 1. The summed E-state index contributed by atoms with van der Waals surface area (Å²) in [6.07, 6.45) is 3.04. The highest BCUT2D eigenvalue weighted by Gasteiger charge is 2.40. The van der Waals surface area contributed by atoms with E-state index in [1.165, 1.54) is 25.2 Å². The van der Waals surface area contributed by atoms with Gasteiger partial charge in [0, 0.05) is 49.4 Å². The lowest BCUT2D eigenvalue weighted by Gasteiger charge is -2.36. The largest absolute Gasteiger partial charge is 0.469 e. The standard InChI is InChI=1S/C23H30N2O5/c1-28-15-13-23(11-8-19(26)29-2,12-9-20(27)30-3)22-21-17(10-14-24-22)16-6-4-5-7-18(16)25-21/h4-7,25H,8-15H2,1-3H3. The molecule has 2 heterocycles. The van der Waals surface area contributed by atoms with Crippen molar-refractivity contribution >= 4 is 28.6 Å². The molecule has 1 aromatic heterocycles. The first-order valence-corrected chi connectivity index (χ1v) is 10.3. The topological polar surface area (TPSA) is 90.0 Å². The molecular weight excluding hydrogens is 384 g/mol. The number of rotatable bonds is 10. The third-order valence-corrected chi connectivity index (χ3v) is 6.04. The van der Waals surface area contributed by atoms with Crippen LogP contribution in [0.2, 0.25) is 0 Å². The van der Waals surface area contributed by atoms with Crippen molar-refractivity contribution in [3.63, 3.8) is 0 Å². The van der Waals surface area contributed by atoms with Crippen LogP contribution in [0.15, 0.2) is 29.3 Å². The van der Waals surface area contributed by atoms with E-state index in [1.807, 2.05) is 12.1 Å². The summed E-state index contributed by atoms with van der Waals surface area (Å²) in [5.74, 6) is -0.550. The van der Waals surface area contributed by atoms with E-state index >= 15 is 0 Å². The second kappa shape index (κ2) is 9.89. The summed E-state index contributed by atoms with van der Waals surface area (Å²) in [5, 5.41) is 1.20. The van der Waals surface area contributed by atoms with Crippen LogP contribution in [-0.2, 0) is 30.2 Å². The highest BCUT2D eigenvalue weighted by Crippen LogP contribution is 2.41. The number of carbonyl (C=O) groups excluding carboxylic acids is 2. The van der Waals surface area contributed by atoms with E-state index in [0.717, 1.165) is 23.3 Å². The van der Waals surface area contributed by atoms with E-state index in [1.54, 1.807) is 7.11 Å². The molecule has 7 heteroatoms. The molecule has 0 amide bonds. The lowest BCUT2D eigenvalue weighted by atomic mass is 9.70. The number of hydrogen-bond donors (Lipinski definition) is 1. The van der Waals surface area contributed by atoms with E-state index in [9.17, 15) is 9.59 Å². The summed E-state index contributed by atoms with van der Waals surface area (Å²) in [5.41, 5.74) is 3.74. The second-order valence-electron chi connectivity index (χ2n) is 7.68. The van der Waals surface area contributed by atoms with Crippen LogP contribution < -0.4 is 0 Å². The van der Waals surface area contributed by atoms with Gasteiger partial charge in [0.1, 0.15) is 0 Å². The Morgan fingerprint density at radius 2 is 1.70 bits per heavy atom. The molecule has 0 saturated carbocycles. The predicted molar refractivity (Wildman–Crippen MR) is 115 cm³/mol. The van der Waals surface area contributed by atoms with Gasteiger partial charge >= 0.3 is 11.9 Å². The second-order valence-corrected chi connectivity index (χ2v) is 7.68. The van der Waals surface area contributed by atoms with Crippen molar-refractivity contribution in [2.24, 2.45) is 10.4 Å². The van der Waals surface area contributed by atoms with Gasteiger partial charge in [0.15, 0.2) is 0 Å². The van der Waals surface area contributed by atoms with Crippen molar-refractivity contribution in [2.45, 2.75) is 38.5 Å². The van der Waals surface area contributed by atoms with Crippen molar-refractivity contribution in [3.05, 3.63) is 35.5 Å². The zero-order valence-corrected chi connectivity index (χ0v) is 18.0. The number of hydrogen-bond acceptors (Lipinski definition) is 6. The van der Waals surface area contributed by atoms with Crippen molar-refractivity contribution < 1.29 is 23.8 Å². The number of carbonyl (C=O) groups is 2. The molecule has 0 bridgehead atoms. The Morgan fingerprint density at radius 1 is 1.03 bits per heavy atom. The number of para-hydroxylation sites is 1. The lowest BCUT2D eigenvalue weighted by Crippen LogP contribution is -2.37. The highest BCUT2D eigenvalue weighted by atomic mass is 16.5. The van der Waals surface area contributed by atoms with E-state index in [0.29, 0.717) is 32.4 Å². The van der Waals surface area contributed by atoms with Crippen LogP contribution in [0.1, 0.15) is 43.4 Å². The van der Waals surface area contributed by atoms with Crippen LogP contribution in [0.5, 0.6) is 0 Å². The maximum Gasteiger partial charge on any atom is 0.305 e. The van der Waals surface area contributed by atoms with Crippen molar-refractivity contribution in [1.29, 1.82) is 0 Å². The number of nitrogens with zero attached hydrogens (tertiary/aromatic N) is 1. The van der Waals surface area contributed by atoms with Crippen LogP contribution >= 0.6 is 0 Å². The Labute approximate surface area is 176 Å². The summed E-state index contributed by atoms with van der Waals surface area (Å²) in [6.45, 7) is 1.17. The van der Waals surface area contributed by atoms with Crippen molar-refractivity contribution in [1.82, 2.24) is 4.98 Å². The maximum absolute atomic E-state index is 12.0. The van der Waals surface area contributed by atoms with Crippen molar-refractivity contribution in [2.75, 3.05) is 34.5 Å². The number of nitrogens with one attached hydrogen (secondary N) is 1. The third kappa shape index (κ3) is 4.56. The van der Waals surface area contributed by atoms with Crippen LogP contribution in [0, 0.1) is 5.41 Å². The smallest absolute Gasteiger partial charge is 0.305 e. The summed E-state index contributed by atoms with van der Waals surface area (Å²) in [6, 6.07) is 8.22. The average molecular weight is 415 g/mol. The fourth-order valence-electron chi connectivity index (χ4n) is 4.37. The van der Waals surface area contributed by atoms with E-state index < -0.39 is 5.41 Å². The first-order chi connectivity index (χ1) is 14.5. The normalized spacial score (nSPS) is 13.6. The predicted octanol–water partition coefficient (Wildman–Crippen LogP) is 3.44. The molecular formula is C23H30N2O5. The molecule has 0 saturated heterocycles. The fourth-order valence-corrected chi connectivity index (χ4v) is 4.37. The van der Waals surface area contributed by atoms with Gasteiger partial charge in [0.2, 0.25) is 0 Å². The average Bonchev–Trinajstić information content (AvgIpc) is 3.17. The number of benzene rings is 1. The van der Waals surface area contributed by atoms with Gasteiger partial charge in [0.05, 0.1) is 25.6 Å². The Kier molecular flexibility index (Phi) is 7.26. The molecule has 1 aromatic carbocycles. The zero-order valence-electron chi connectivity index (χ0n) is 18.0. The fraction of sp³-hybridized carbons (Fsp3) is 0.522. The molecule has 3 rings (SSSR count). The molecule has 1 aliphatic heterocycles. The number of H-pyrrole nitrogens is 1. The number of methoxy groups -OCH3 is 3.